The third-order valence-corrected chi connectivity index (χ3v) is 3.78. The molecule has 1 atom stereocenters. The number of rotatable bonds is 2. The van der Waals surface area contributed by atoms with Crippen molar-refractivity contribution in [3.8, 4) is 0 Å². The van der Waals surface area contributed by atoms with Gasteiger partial charge in [-0.2, -0.15) is 0 Å². The molecular weight excluding hydrogens is 208 g/mol. The highest BCUT2D eigenvalue weighted by Gasteiger charge is 2.20. The van der Waals surface area contributed by atoms with Crippen molar-refractivity contribution >= 4 is 10.9 Å². The number of para-hydroxylation sites is 1. The fraction of sp³-hybridized carbons (Fsp3) is 0.467. The Balaban J connectivity index is 1.92. The number of aromatic nitrogens is 1. The van der Waals surface area contributed by atoms with Crippen molar-refractivity contribution in [3.63, 3.8) is 0 Å². The summed E-state index contributed by atoms with van der Waals surface area (Å²) < 4.78 is 2.50. The van der Waals surface area contributed by atoms with E-state index >= 15 is 0 Å². The zero-order chi connectivity index (χ0) is 11.8. The van der Waals surface area contributed by atoms with Gasteiger partial charge in [0.2, 0.25) is 0 Å². The average molecular weight is 228 g/mol. The summed E-state index contributed by atoms with van der Waals surface area (Å²) in [7, 11) is 4.34. The predicted molar refractivity (Wildman–Crippen MR) is 72.3 cm³/mol. The van der Waals surface area contributed by atoms with Gasteiger partial charge in [0.05, 0.1) is 0 Å². The monoisotopic (exact) mass is 228 g/mol. The Kier molecular flexibility index (Phi) is 2.67. The number of nitrogens with zero attached hydrogens (tertiary/aromatic N) is 2. The molecule has 0 spiro atoms. The summed E-state index contributed by atoms with van der Waals surface area (Å²) in [6.45, 7) is 2.39. The minimum absolute atomic E-state index is 0.821. The summed E-state index contributed by atoms with van der Waals surface area (Å²) >= 11 is 0. The van der Waals surface area contributed by atoms with Crippen LogP contribution in [0.3, 0.4) is 0 Å². The molecule has 0 bridgehead atoms. The Morgan fingerprint density at radius 1 is 1.29 bits per heavy atom. The molecule has 1 aliphatic heterocycles. The molecule has 0 aliphatic carbocycles. The molecule has 2 heteroatoms. The lowest BCUT2D eigenvalue weighted by atomic mass is 9.96. The molecular formula is C15H20N2. The first kappa shape index (κ1) is 10.8. The molecule has 2 nitrogen and oxygen atoms in total. The molecule has 17 heavy (non-hydrogen) atoms. The Bertz CT molecular complexity index is 525. The van der Waals surface area contributed by atoms with E-state index in [1.54, 1.807) is 0 Å². The summed E-state index contributed by atoms with van der Waals surface area (Å²) in [5.74, 6) is 0.821. The van der Waals surface area contributed by atoms with E-state index in [-0.39, 0.29) is 0 Å². The van der Waals surface area contributed by atoms with Gasteiger partial charge in [-0.05, 0) is 50.4 Å². The Morgan fingerprint density at radius 2 is 2.12 bits per heavy atom. The van der Waals surface area contributed by atoms with Crippen molar-refractivity contribution in [2.75, 3.05) is 20.6 Å². The van der Waals surface area contributed by atoms with Crippen molar-refractivity contribution < 1.29 is 0 Å². The van der Waals surface area contributed by atoms with E-state index in [1.165, 1.54) is 42.5 Å². The van der Waals surface area contributed by atoms with Gasteiger partial charge in [0.1, 0.15) is 0 Å². The second-order valence-electron chi connectivity index (χ2n) is 5.47. The van der Waals surface area contributed by atoms with Crippen LogP contribution in [0.1, 0.15) is 12.1 Å². The van der Waals surface area contributed by atoms with Crippen molar-refractivity contribution in [1.82, 2.24) is 9.47 Å². The zero-order valence-electron chi connectivity index (χ0n) is 10.7. The van der Waals surface area contributed by atoms with Gasteiger partial charge in [-0.1, -0.05) is 18.2 Å². The molecule has 1 aromatic heterocycles. The van der Waals surface area contributed by atoms with E-state index in [1.807, 2.05) is 0 Å². The van der Waals surface area contributed by atoms with E-state index in [0.29, 0.717) is 0 Å². The van der Waals surface area contributed by atoms with Crippen LogP contribution in [0.4, 0.5) is 0 Å². The maximum atomic E-state index is 2.50. The normalized spacial score (nSPS) is 19.8. The summed E-state index contributed by atoms with van der Waals surface area (Å²) in [5, 5.41) is 1.40. The maximum absolute atomic E-state index is 2.50. The predicted octanol–water partition coefficient (Wildman–Crippen LogP) is 2.77. The van der Waals surface area contributed by atoms with Crippen LogP contribution in [0, 0.1) is 5.92 Å². The van der Waals surface area contributed by atoms with Crippen LogP contribution in [-0.4, -0.2) is 30.1 Å². The van der Waals surface area contributed by atoms with Crippen LogP contribution in [0.25, 0.3) is 10.9 Å². The van der Waals surface area contributed by atoms with Gasteiger partial charge in [0.15, 0.2) is 0 Å². The first-order chi connectivity index (χ1) is 8.24. The summed E-state index contributed by atoms with van der Waals surface area (Å²) in [6.07, 6.45) is 2.54. The standard InChI is InChI=1S/C15H20N2/c1-16(2)11-12-7-8-17-14(9-12)10-13-5-3-4-6-15(13)17/h3-6,10,12H,7-9,11H2,1-2H3/t12-/m1/s1. The van der Waals surface area contributed by atoms with E-state index in [2.05, 4.69) is 53.9 Å². The van der Waals surface area contributed by atoms with Gasteiger partial charge in [0.25, 0.3) is 0 Å². The number of aryl methyl sites for hydroxylation is 1. The number of benzene rings is 1. The molecule has 2 heterocycles. The SMILES string of the molecule is CN(C)C[C@@H]1CCn2c(cc3ccccc32)C1. The van der Waals surface area contributed by atoms with E-state index in [0.717, 1.165) is 5.92 Å². The van der Waals surface area contributed by atoms with Gasteiger partial charge in [-0.3, -0.25) is 0 Å². The molecule has 90 valence electrons. The fourth-order valence-corrected chi connectivity index (χ4v) is 3.08. The Morgan fingerprint density at radius 3 is 2.94 bits per heavy atom. The third-order valence-electron chi connectivity index (χ3n) is 3.78. The molecule has 1 aromatic carbocycles. The van der Waals surface area contributed by atoms with Crippen LogP contribution in [-0.2, 0) is 13.0 Å². The molecule has 0 N–H and O–H groups in total. The third kappa shape index (κ3) is 1.98. The molecule has 0 fully saturated rings. The molecule has 0 saturated carbocycles. The highest BCUT2D eigenvalue weighted by molar-refractivity contribution is 5.81. The lowest BCUT2D eigenvalue weighted by Crippen LogP contribution is -2.28. The smallest absolute Gasteiger partial charge is 0.0482 e. The summed E-state index contributed by atoms with van der Waals surface area (Å²) in [5.41, 5.74) is 2.93. The van der Waals surface area contributed by atoms with Gasteiger partial charge >= 0.3 is 0 Å². The van der Waals surface area contributed by atoms with Crippen molar-refractivity contribution in [3.05, 3.63) is 36.0 Å². The average Bonchev–Trinajstić information content (AvgIpc) is 2.65. The van der Waals surface area contributed by atoms with Gasteiger partial charge < -0.3 is 9.47 Å². The minimum atomic E-state index is 0.821. The molecule has 0 amide bonds. The highest BCUT2D eigenvalue weighted by Crippen LogP contribution is 2.28. The van der Waals surface area contributed by atoms with E-state index in [4.69, 9.17) is 0 Å². The number of hydrogen-bond acceptors (Lipinski definition) is 1. The molecule has 0 saturated heterocycles. The lowest BCUT2D eigenvalue weighted by molar-refractivity contribution is 0.282. The zero-order valence-corrected chi connectivity index (χ0v) is 10.7. The van der Waals surface area contributed by atoms with Crippen LogP contribution in [0.15, 0.2) is 30.3 Å². The molecule has 0 unspecified atom stereocenters. The summed E-state index contributed by atoms with van der Waals surface area (Å²) in [6, 6.07) is 11.1. The first-order valence-electron chi connectivity index (χ1n) is 6.46. The molecule has 1 aliphatic rings. The van der Waals surface area contributed by atoms with Crippen molar-refractivity contribution in [2.24, 2.45) is 5.92 Å². The first-order valence-corrected chi connectivity index (χ1v) is 6.46. The highest BCUT2D eigenvalue weighted by atomic mass is 15.1. The minimum Gasteiger partial charge on any atom is -0.345 e. The van der Waals surface area contributed by atoms with Crippen LogP contribution in [0.2, 0.25) is 0 Å². The largest absolute Gasteiger partial charge is 0.345 e. The maximum Gasteiger partial charge on any atom is 0.0482 e. The van der Waals surface area contributed by atoms with Crippen molar-refractivity contribution in [1.29, 1.82) is 0 Å². The molecule has 0 radical (unpaired) electrons. The lowest BCUT2D eigenvalue weighted by Gasteiger charge is -2.27. The van der Waals surface area contributed by atoms with Gasteiger partial charge in [0, 0.05) is 24.3 Å². The van der Waals surface area contributed by atoms with E-state index < -0.39 is 0 Å². The number of hydrogen-bond donors (Lipinski definition) is 0. The molecule has 2 aromatic rings. The van der Waals surface area contributed by atoms with Crippen molar-refractivity contribution in [2.45, 2.75) is 19.4 Å². The quantitative estimate of drug-likeness (QED) is 0.767. The second-order valence-corrected chi connectivity index (χ2v) is 5.47. The van der Waals surface area contributed by atoms with E-state index in [9.17, 15) is 0 Å². The van der Waals surface area contributed by atoms with Crippen LogP contribution in [0.5, 0.6) is 0 Å². The van der Waals surface area contributed by atoms with Crippen LogP contribution >= 0.6 is 0 Å². The van der Waals surface area contributed by atoms with Crippen LogP contribution < -0.4 is 0 Å². The topological polar surface area (TPSA) is 8.17 Å². The summed E-state index contributed by atoms with van der Waals surface area (Å²) in [4.78, 5) is 2.31. The van der Waals surface area contributed by atoms with Gasteiger partial charge in [-0.15, -0.1) is 0 Å². The second kappa shape index (κ2) is 4.19. The fourth-order valence-electron chi connectivity index (χ4n) is 3.08. The molecule has 3 rings (SSSR count). The number of fused-ring (bicyclic) bond motifs is 3. The Labute approximate surface area is 103 Å². The Hall–Kier alpha value is -1.28. The van der Waals surface area contributed by atoms with Gasteiger partial charge in [-0.25, -0.2) is 0 Å².